The van der Waals surface area contributed by atoms with Crippen molar-refractivity contribution in [3.63, 3.8) is 0 Å². The Balaban J connectivity index is 1.69. The molecule has 0 aliphatic rings. The first-order valence-corrected chi connectivity index (χ1v) is 7.98. The Morgan fingerprint density at radius 2 is 2.00 bits per heavy atom. The van der Waals surface area contributed by atoms with Crippen molar-refractivity contribution in [1.29, 1.82) is 0 Å². The molecule has 0 aliphatic heterocycles. The van der Waals surface area contributed by atoms with Crippen LogP contribution in [0.1, 0.15) is 15.9 Å². The predicted molar refractivity (Wildman–Crippen MR) is 94.3 cm³/mol. The molecule has 0 atom stereocenters. The molecule has 0 saturated heterocycles. The summed E-state index contributed by atoms with van der Waals surface area (Å²) in [7, 11) is 0. The van der Waals surface area contributed by atoms with E-state index < -0.39 is 23.1 Å². The van der Waals surface area contributed by atoms with Crippen LogP contribution < -0.4 is 10.1 Å². The minimum Gasteiger partial charge on any atom is -0.487 e. The summed E-state index contributed by atoms with van der Waals surface area (Å²) in [5.41, 5.74) is 0.818. The number of anilines is 1. The molecule has 0 aliphatic carbocycles. The van der Waals surface area contributed by atoms with Crippen LogP contribution >= 0.6 is 11.6 Å². The van der Waals surface area contributed by atoms with E-state index in [4.69, 9.17) is 16.3 Å². The van der Waals surface area contributed by atoms with E-state index in [1.165, 1.54) is 6.07 Å². The van der Waals surface area contributed by atoms with Gasteiger partial charge in [0.25, 0.3) is 5.91 Å². The Hall–Kier alpha value is -2.99. The number of hydrogen-bond acceptors (Lipinski definition) is 3. The summed E-state index contributed by atoms with van der Waals surface area (Å²) in [5.74, 6) is -1.87. The van der Waals surface area contributed by atoms with E-state index >= 15 is 0 Å². The van der Waals surface area contributed by atoms with Gasteiger partial charge in [0.2, 0.25) is 0 Å². The predicted octanol–water partition coefficient (Wildman–Crippen LogP) is 4.84. The molecule has 3 aromatic rings. The molecule has 7 heteroatoms. The van der Waals surface area contributed by atoms with Crippen molar-refractivity contribution in [2.75, 3.05) is 5.32 Å². The minimum absolute atomic E-state index is 0.270. The van der Waals surface area contributed by atoms with Crippen molar-refractivity contribution in [2.24, 2.45) is 0 Å². The fourth-order valence-corrected chi connectivity index (χ4v) is 2.45. The van der Waals surface area contributed by atoms with Crippen LogP contribution in [0.2, 0.25) is 5.02 Å². The standard InChI is InChI=1S/C19H13ClF2N2O2/c20-16-9-14(24-19(25)15-8-13(21)3-5-17(15)22)4-6-18(16)26-11-12-2-1-7-23-10-12/h1-10H,11H2,(H,24,25). The summed E-state index contributed by atoms with van der Waals surface area (Å²) < 4.78 is 32.5. The number of carbonyl (C=O) groups excluding carboxylic acids is 1. The van der Waals surface area contributed by atoms with Crippen LogP contribution in [-0.4, -0.2) is 10.9 Å². The van der Waals surface area contributed by atoms with Gasteiger partial charge in [0.1, 0.15) is 24.0 Å². The molecule has 1 heterocycles. The third kappa shape index (κ3) is 4.34. The van der Waals surface area contributed by atoms with Gasteiger partial charge >= 0.3 is 0 Å². The van der Waals surface area contributed by atoms with Gasteiger partial charge in [-0.1, -0.05) is 17.7 Å². The monoisotopic (exact) mass is 374 g/mol. The fourth-order valence-electron chi connectivity index (χ4n) is 2.21. The van der Waals surface area contributed by atoms with Crippen molar-refractivity contribution in [3.8, 4) is 5.75 Å². The summed E-state index contributed by atoms with van der Waals surface area (Å²) in [6.45, 7) is 0.285. The number of nitrogens with one attached hydrogen (secondary N) is 1. The third-order valence-electron chi connectivity index (χ3n) is 3.48. The second kappa shape index (κ2) is 7.93. The SMILES string of the molecule is O=C(Nc1ccc(OCc2cccnc2)c(Cl)c1)c1cc(F)ccc1F. The van der Waals surface area contributed by atoms with E-state index in [1.807, 2.05) is 6.07 Å². The number of amides is 1. The van der Waals surface area contributed by atoms with Crippen LogP contribution in [0.5, 0.6) is 5.75 Å². The third-order valence-corrected chi connectivity index (χ3v) is 3.78. The summed E-state index contributed by atoms with van der Waals surface area (Å²) in [6.07, 6.45) is 3.34. The molecule has 1 amide bonds. The van der Waals surface area contributed by atoms with Gasteiger partial charge in [-0.3, -0.25) is 9.78 Å². The average molecular weight is 375 g/mol. The molecule has 2 aromatic carbocycles. The van der Waals surface area contributed by atoms with Gasteiger partial charge in [-0.2, -0.15) is 0 Å². The molecule has 0 fully saturated rings. The zero-order valence-corrected chi connectivity index (χ0v) is 14.1. The fraction of sp³-hybridized carbons (Fsp3) is 0.0526. The number of carbonyl (C=O) groups is 1. The maximum atomic E-state index is 13.6. The lowest BCUT2D eigenvalue weighted by molar-refractivity contribution is 0.102. The Bertz CT molecular complexity index is 936. The molecule has 0 unspecified atom stereocenters. The smallest absolute Gasteiger partial charge is 0.258 e. The first-order chi connectivity index (χ1) is 12.5. The zero-order chi connectivity index (χ0) is 18.5. The first kappa shape index (κ1) is 17.8. The molecule has 132 valence electrons. The van der Waals surface area contributed by atoms with Gasteiger partial charge in [-0.15, -0.1) is 0 Å². The second-order valence-corrected chi connectivity index (χ2v) is 5.78. The Labute approximate surface area is 153 Å². The highest BCUT2D eigenvalue weighted by atomic mass is 35.5. The van der Waals surface area contributed by atoms with Crippen molar-refractivity contribution < 1.29 is 18.3 Å². The van der Waals surface area contributed by atoms with Gasteiger partial charge in [-0.25, -0.2) is 8.78 Å². The lowest BCUT2D eigenvalue weighted by Gasteiger charge is -2.11. The highest BCUT2D eigenvalue weighted by molar-refractivity contribution is 6.32. The van der Waals surface area contributed by atoms with Crippen LogP contribution in [0.25, 0.3) is 0 Å². The van der Waals surface area contributed by atoms with E-state index in [0.29, 0.717) is 11.4 Å². The van der Waals surface area contributed by atoms with Crippen LogP contribution in [0.4, 0.5) is 14.5 Å². The van der Waals surface area contributed by atoms with E-state index in [9.17, 15) is 13.6 Å². The first-order valence-electron chi connectivity index (χ1n) is 7.60. The molecule has 0 saturated carbocycles. The largest absolute Gasteiger partial charge is 0.487 e. The molecule has 1 aromatic heterocycles. The number of pyridine rings is 1. The highest BCUT2D eigenvalue weighted by Gasteiger charge is 2.14. The number of halogens is 3. The van der Waals surface area contributed by atoms with Gasteiger partial charge in [0, 0.05) is 23.6 Å². The molecule has 0 radical (unpaired) electrons. The Kier molecular flexibility index (Phi) is 5.43. The average Bonchev–Trinajstić information content (AvgIpc) is 2.64. The number of benzene rings is 2. The van der Waals surface area contributed by atoms with Crippen molar-refractivity contribution in [1.82, 2.24) is 4.98 Å². The lowest BCUT2D eigenvalue weighted by atomic mass is 10.2. The maximum absolute atomic E-state index is 13.6. The maximum Gasteiger partial charge on any atom is 0.258 e. The Morgan fingerprint density at radius 1 is 1.15 bits per heavy atom. The molecule has 3 rings (SSSR count). The minimum atomic E-state index is -0.813. The van der Waals surface area contributed by atoms with E-state index in [1.54, 1.807) is 30.6 Å². The number of hydrogen-bond donors (Lipinski definition) is 1. The quantitative estimate of drug-likeness (QED) is 0.695. The van der Waals surface area contributed by atoms with E-state index in [-0.39, 0.29) is 11.6 Å². The number of rotatable bonds is 5. The summed E-state index contributed by atoms with van der Waals surface area (Å²) in [6, 6.07) is 10.9. The second-order valence-electron chi connectivity index (χ2n) is 5.37. The van der Waals surface area contributed by atoms with Gasteiger partial charge < -0.3 is 10.1 Å². The highest BCUT2D eigenvalue weighted by Crippen LogP contribution is 2.28. The van der Waals surface area contributed by atoms with Crippen LogP contribution in [0, 0.1) is 11.6 Å². The van der Waals surface area contributed by atoms with E-state index in [2.05, 4.69) is 10.3 Å². The molecule has 26 heavy (non-hydrogen) atoms. The molecular formula is C19H13ClF2N2O2. The Morgan fingerprint density at radius 3 is 2.73 bits per heavy atom. The lowest BCUT2D eigenvalue weighted by Crippen LogP contribution is -2.14. The molecule has 0 bridgehead atoms. The molecular weight excluding hydrogens is 362 g/mol. The van der Waals surface area contributed by atoms with Crippen LogP contribution in [-0.2, 0) is 6.61 Å². The van der Waals surface area contributed by atoms with Crippen LogP contribution in [0.3, 0.4) is 0 Å². The summed E-state index contributed by atoms with van der Waals surface area (Å²) >= 11 is 6.16. The van der Waals surface area contributed by atoms with Crippen molar-refractivity contribution in [2.45, 2.75) is 6.61 Å². The topological polar surface area (TPSA) is 51.2 Å². The van der Waals surface area contributed by atoms with Crippen LogP contribution in [0.15, 0.2) is 60.9 Å². The number of aromatic nitrogens is 1. The number of ether oxygens (including phenoxy) is 1. The molecule has 0 spiro atoms. The molecule has 1 N–H and O–H groups in total. The summed E-state index contributed by atoms with van der Waals surface area (Å²) in [4.78, 5) is 16.1. The zero-order valence-electron chi connectivity index (χ0n) is 13.4. The van der Waals surface area contributed by atoms with E-state index in [0.717, 1.165) is 23.8 Å². The van der Waals surface area contributed by atoms with Crippen molar-refractivity contribution in [3.05, 3.63) is 88.7 Å². The number of nitrogens with zero attached hydrogens (tertiary/aromatic N) is 1. The normalized spacial score (nSPS) is 10.4. The van der Waals surface area contributed by atoms with Gasteiger partial charge in [0.05, 0.1) is 10.6 Å². The summed E-state index contributed by atoms with van der Waals surface area (Å²) in [5, 5.41) is 2.74. The van der Waals surface area contributed by atoms with Gasteiger partial charge in [-0.05, 0) is 42.5 Å². The van der Waals surface area contributed by atoms with Gasteiger partial charge in [0.15, 0.2) is 0 Å². The van der Waals surface area contributed by atoms with Crippen molar-refractivity contribution >= 4 is 23.2 Å². The molecule has 4 nitrogen and oxygen atoms in total.